The lowest BCUT2D eigenvalue weighted by molar-refractivity contribution is 0.0184. The van der Waals surface area contributed by atoms with Crippen molar-refractivity contribution in [2.24, 2.45) is 11.7 Å². The van der Waals surface area contributed by atoms with Crippen molar-refractivity contribution in [3.8, 4) is 0 Å². The van der Waals surface area contributed by atoms with Crippen LogP contribution in [-0.2, 0) is 4.74 Å². The summed E-state index contributed by atoms with van der Waals surface area (Å²) < 4.78 is 5.39. The van der Waals surface area contributed by atoms with Crippen LogP contribution in [0.1, 0.15) is 13.3 Å². The highest BCUT2D eigenvalue weighted by atomic mass is 32.1. The maximum absolute atomic E-state index is 5.67. The molecule has 0 bridgehead atoms. The van der Waals surface area contributed by atoms with Gasteiger partial charge in [-0.05, 0) is 13.0 Å². The van der Waals surface area contributed by atoms with E-state index >= 15 is 0 Å². The van der Waals surface area contributed by atoms with Crippen LogP contribution in [0.15, 0.2) is 0 Å². The second-order valence-electron chi connectivity index (χ2n) is 5.15. The summed E-state index contributed by atoms with van der Waals surface area (Å²) in [5.41, 5.74) is 5.67. The van der Waals surface area contributed by atoms with E-state index in [-0.39, 0.29) is 0 Å². The highest BCUT2D eigenvalue weighted by Crippen LogP contribution is 2.18. The van der Waals surface area contributed by atoms with Crippen LogP contribution in [0.4, 0.5) is 0 Å². The van der Waals surface area contributed by atoms with Gasteiger partial charge in [0.2, 0.25) is 0 Å². The summed E-state index contributed by atoms with van der Waals surface area (Å²) >= 11 is 5.03. The fourth-order valence-corrected chi connectivity index (χ4v) is 2.77. The zero-order chi connectivity index (χ0) is 12.3. The number of nitrogens with two attached hydrogens (primary N) is 1. The quantitative estimate of drug-likeness (QED) is 0.735. The molecule has 5 heteroatoms. The molecule has 0 aromatic heterocycles. The number of hydrogen-bond donors (Lipinski definition) is 1. The Hall–Kier alpha value is -0.230. The van der Waals surface area contributed by atoms with Gasteiger partial charge < -0.3 is 15.4 Å². The van der Waals surface area contributed by atoms with Crippen LogP contribution in [0.5, 0.6) is 0 Å². The molecular weight excluding hydrogens is 234 g/mol. The number of thiocarbonyl (C=S) groups is 1. The Bertz CT molecular complexity index is 268. The molecule has 98 valence electrons. The average Bonchev–Trinajstić information content (AvgIpc) is 2.78. The Morgan fingerprint density at radius 1 is 1.41 bits per heavy atom. The minimum atomic E-state index is 0.327. The van der Waals surface area contributed by atoms with Crippen molar-refractivity contribution in [1.82, 2.24) is 9.80 Å². The summed E-state index contributed by atoms with van der Waals surface area (Å²) in [6.07, 6.45) is 1.27. The molecule has 2 aliphatic rings. The van der Waals surface area contributed by atoms with E-state index in [0.29, 0.717) is 16.9 Å². The predicted molar refractivity (Wildman–Crippen MR) is 73.2 cm³/mol. The molecule has 0 aliphatic carbocycles. The normalized spacial score (nSPS) is 29.4. The molecule has 2 aliphatic heterocycles. The minimum absolute atomic E-state index is 0.327. The Morgan fingerprint density at radius 3 is 2.76 bits per heavy atom. The van der Waals surface area contributed by atoms with Crippen LogP contribution >= 0.6 is 12.2 Å². The summed E-state index contributed by atoms with van der Waals surface area (Å²) in [5.74, 6) is 0.327. The van der Waals surface area contributed by atoms with Gasteiger partial charge in [-0.25, -0.2) is 0 Å². The number of rotatable bonds is 4. The smallest absolute Gasteiger partial charge is 0.0768 e. The summed E-state index contributed by atoms with van der Waals surface area (Å²) in [6, 6.07) is 0.706. The molecule has 2 unspecified atom stereocenters. The van der Waals surface area contributed by atoms with E-state index < -0.39 is 0 Å². The Balaban J connectivity index is 1.76. The van der Waals surface area contributed by atoms with Crippen molar-refractivity contribution in [2.45, 2.75) is 19.4 Å². The summed E-state index contributed by atoms with van der Waals surface area (Å²) in [5, 5.41) is 0. The lowest BCUT2D eigenvalue weighted by atomic mass is 10.2. The molecule has 2 heterocycles. The van der Waals surface area contributed by atoms with Crippen LogP contribution in [0.3, 0.4) is 0 Å². The maximum Gasteiger partial charge on any atom is 0.0768 e. The van der Waals surface area contributed by atoms with E-state index in [4.69, 9.17) is 22.7 Å². The summed E-state index contributed by atoms with van der Waals surface area (Å²) in [6.45, 7) is 9.41. The van der Waals surface area contributed by atoms with Gasteiger partial charge in [-0.3, -0.25) is 4.90 Å². The molecule has 0 amide bonds. The first-order chi connectivity index (χ1) is 8.16. The second kappa shape index (κ2) is 6.09. The highest BCUT2D eigenvalue weighted by molar-refractivity contribution is 7.80. The molecule has 4 nitrogen and oxygen atoms in total. The van der Waals surface area contributed by atoms with Crippen LogP contribution in [0, 0.1) is 5.92 Å². The van der Waals surface area contributed by atoms with E-state index in [2.05, 4.69) is 16.7 Å². The largest absolute Gasteiger partial charge is 0.393 e. The first-order valence-corrected chi connectivity index (χ1v) is 6.91. The van der Waals surface area contributed by atoms with Crippen LogP contribution in [0.25, 0.3) is 0 Å². The van der Waals surface area contributed by atoms with Crippen LogP contribution in [-0.4, -0.2) is 66.8 Å². The van der Waals surface area contributed by atoms with Gasteiger partial charge in [-0.2, -0.15) is 0 Å². The van der Waals surface area contributed by atoms with Crippen molar-refractivity contribution in [1.29, 1.82) is 0 Å². The third-order valence-corrected chi connectivity index (χ3v) is 4.23. The molecule has 2 fully saturated rings. The van der Waals surface area contributed by atoms with Crippen LogP contribution in [0.2, 0.25) is 0 Å². The SMILES string of the molecule is CC(CN1CCC(N2CCOCC2)C1)C(N)=S. The Kier molecular flexibility index (Phi) is 4.73. The van der Waals surface area contributed by atoms with E-state index in [9.17, 15) is 0 Å². The highest BCUT2D eigenvalue weighted by Gasteiger charge is 2.29. The molecule has 0 radical (unpaired) electrons. The van der Waals surface area contributed by atoms with Gasteiger partial charge in [0.05, 0.1) is 18.2 Å². The van der Waals surface area contributed by atoms with Crippen LogP contribution < -0.4 is 5.73 Å². The lowest BCUT2D eigenvalue weighted by Gasteiger charge is -2.32. The third-order valence-electron chi connectivity index (χ3n) is 3.83. The van der Waals surface area contributed by atoms with Gasteiger partial charge in [0.25, 0.3) is 0 Å². The van der Waals surface area contributed by atoms with E-state index in [0.717, 1.165) is 39.4 Å². The van der Waals surface area contributed by atoms with Crippen molar-refractivity contribution in [3.63, 3.8) is 0 Å². The van der Waals surface area contributed by atoms with Gasteiger partial charge in [0.1, 0.15) is 0 Å². The fraction of sp³-hybridized carbons (Fsp3) is 0.917. The molecule has 0 aromatic rings. The fourth-order valence-electron chi connectivity index (χ4n) is 2.70. The standard InChI is InChI=1S/C12H23N3OS/c1-10(12(13)17)8-14-3-2-11(9-14)15-4-6-16-7-5-15/h10-11H,2-9H2,1H3,(H2,13,17). The zero-order valence-electron chi connectivity index (χ0n) is 10.6. The first kappa shape index (κ1) is 13.2. The summed E-state index contributed by atoms with van der Waals surface area (Å²) in [4.78, 5) is 5.69. The molecule has 0 saturated carbocycles. The Labute approximate surface area is 109 Å². The number of nitrogens with zero attached hydrogens (tertiary/aromatic N) is 2. The van der Waals surface area contributed by atoms with Crippen molar-refractivity contribution >= 4 is 17.2 Å². The number of likely N-dealkylation sites (tertiary alicyclic amines) is 1. The van der Waals surface area contributed by atoms with Crippen molar-refractivity contribution in [3.05, 3.63) is 0 Å². The van der Waals surface area contributed by atoms with Gasteiger partial charge in [-0.1, -0.05) is 19.1 Å². The monoisotopic (exact) mass is 257 g/mol. The van der Waals surface area contributed by atoms with Crippen molar-refractivity contribution < 1.29 is 4.74 Å². The minimum Gasteiger partial charge on any atom is -0.393 e. The maximum atomic E-state index is 5.67. The van der Waals surface area contributed by atoms with Crippen molar-refractivity contribution in [2.75, 3.05) is 45.9 Å². The third kappa shape index (κ3) is 3.61. The molecular formula is C12H23N3OS. The molecule has 0 aromatic carbocycles. The Morgan fingerprint density at radius 2 is 2.12 bits per heavy atom. The summed E-state index contributed by atoms with van der Waals surface area (Å²) in [7, 11) is 0. The van der Waals surface area contributed by atoms with Gasteiger partial charge >= 0.3 is 0 Å². The average molecular weight is 257 g/mol. The number of morpholine rings is 1. The van der Waals surface area contributed by atoms with Gasteiger partial charge in [-0.15, -0.1) is 0 Å². The number of ether oxygens (including phenoxy) is 1. The topological polar surface area (TPSA) is 41.7 Å². The number of hydrogen-bond acceptors (Lipinski definition) is 4. The van der Waals surface area contributed by atoms with E-state index in [1.807, 2.05) is 0 Å². The predicted octanol–water partition coefficient (Wildman–Crippen LogP) is 0.315. The molecule has 0 spiro atoms. The molecule has 2 rings (SSSR count). The van der Waals surface area contributed by atoms with Gasteiger partial charge in [0, 0.05) is 38.1 Å². The lowest BCUT2D eigenvalue weighted by Crippen LogP contribution is -2.45. The second-order valence-corrected chi connectivity index (χ2v) is 5.63. The van der Waals surface area contributed by atoms with E-state index in [1.165, 1.54) is 13.0 Å². The molecule has 17 heavy (non-hydrogen) atoms. The molecule has 2 N–H and O–H groups in total. The molecule has 2 saturated heterocycles. The zero-order valence-corrected chi connectivity index (χ0v) is 11.4. The van der Waals surface area contributed by atoms with Gasteiger partial charge in [0.15, 0.2) is 0 Å². The first-order valence-electron chi connectivity index (χ1n) is 6.50. The molecule has 2 atom stereocenters. The van der Waals surface area contributed by atoms with E-state index in [1.54, 1.807) is 0 Å².